The topological polar surface area (TPSA) is 79.4 Å². The average molecular weight is 361 g/mol. The molecule has 10 heteroatoms. The standard InChI is InChI=1S/C13H13F2N3O3S2/c1-23(20,21)18-3-2-7(6-18)12(19)17-13-16-11-9(15)4-8(14)5-10(11)22-13/h4-5,7H,2-3,6H2,1H3,(H,16,17,19). The second kappa shape index (κ2) is 5.77. The SMILES string of the molecule is CS(=O)(=O)N1CCC(C(=O)Nc2nc3c(F)cc(F)cc3s2)C1. The lowest BCUT2D eigenvalue weighted by Gasteiger charge is -2.12. The fourth-order valence-corrected chi connectivity index (χ4v) is 4.26. The number of carbonyl (C=O) groups is 1. The third-order valence-electron chi connectivity index (χ3n) is 3.63. The summed E-state index contributed by atoms with van der Waals surface area (Å²) < 4.78 is 51.2. The third kappa shape index (κ3) is 3.33. The number of benzene rings is 1. The summed E-state index contributed by atoms with van der Waals surface area (Å²) in [6, 6.07) is 1.88. The van der Waals surface area contributed by atoms with Gasteiger partial charge in [0.2, 0.25) is 15.9 Å². The molecule has 6 nitrogen and oxygen atoms in total. The minimum atomic E-state index is -3.32. The predicted octanol–water partition coefficient (Wildman–Crippen LogP) is 1.79. The number of amides is 1. The van der Waals surface area contributed by atoms with E-state index in [-0.39, 0.29) is 29.6 Å². The molecule has 1 aliphatic rings. The predicted molar refractivity (Wildman–Crippen MR) is 82.7 cm³/mol. The van der Waals surface area contributed by atoms with Gasteiger partial charge in [0.15, 0.2) is 10.9 Å². The van der Waals surface area contributed by atoms with Gasteiger partial charge in [-0.2, -0.15) is 0 Å². The van der Waals surface area contributed by atoms with E-state index in [2.05, 4.69) is 10.3 Å². The van der Waals surface area contributed by atoms with Gasteiger partial charge in [0.05, 0.1) is 16.9 Å². The second-order valence-electron chi connectivity index (χ2n) is 5.35. The lowest BCUT2D eigenvalue weighted by molar-refractivity contribution is -0.119. The minimum Gasteiger partial charge on any atom is -0.302 e. The van der Waals surface area contributed by atoms with Gasteiger partial charge in [-0.1, -0.05) is 11.3 Å². The molecule has 1 atom stereocenters. The van der Waals surface area contributed by atoms with E-state index in [0.29, 0.717) is 11.1 Å². The molecule has 1 unspecified atom stereocenters. The maximum absolute atomic E-state index is 13.6. The molecule has 0 aliphatic carbocycles. The van der Waals surface area contributed by atoms with Gasteiger partial charge in [0.1, 0.15) is 11.3 Å². The van der Waals surface area contributed by atoms with E-state index in [4.69, 9.17) is 0 Å². The van der Waals surface area contributed by atoms with Crippen molar-refractivity contribution < 1.29 is 22.0 Å². The number of halogens is 2. The fraction of sp³-hybridized carbons (Fsp3) is 0.385. The summed E-state index contributed by atoms with van der Waals surface area (Å²) in [5.74, 6) is -2.37. The van der Waals surface area contributed by atoms with Crippen molar-refractivity contribution in [3.05, 3.63) is 23.8 Å². The van der Waals surface area contributed by atoms with E-state index in [0.717, 1.165) is 29.7 Å². The number of sulfonamides is 1. The average Bonchev–Trinajstić information content (AvgIpc) is 3.04. The molecule has 1 aromatic heterocycles. The molecular weight excluding hydrogens is 348 g/mol. The Morgan fingerprint density at radius 2 is 2.17 bits per heavy atom. The second-order valence-corrected chi connectivity index (χ2v) is 8.36. The van der Waals surface area contributed by atoms with Gasteiger partial charge in [-0.25, -0.2) is 26.5 Å². The molecule has 1 amide bonds. The van der Waals surface area contributed by atoms with Crippen molar-refractivity contribution in [2.45, 2.75) is 6.42 Å². The van der Waals surface area contributed by atoms with E-state index < -0.39 is 27.6 Å². The Morgan fingerprint density at radius 1 is 1.43 bits per heavy atom. The summed E-state index contributed by atoms with van der Waals surface area (Å²) >= 11 is 0.964. The molecule has 1 N–H and O–H groups in total. The molecule has 2 aromatic rings. The van der Waals surface area contributed by atoms with Crippen molar-refractivity contribution in [2.75, 3.05) is 24.7 Å². The number of hydrogen-bond donors (Lipinski definition) is 1. The first-order valence-electron chi connectivity index (χ1n) is 6.75. The first kappa shape index (κ1) is 16.2. The van der Waals surface area contributed by atoms with E-state index in [1.807, 2.05) is 0 Å². The molecule has 1 fully saturated rings. The quantitative estimate of drug-likeness (QED) is 0.904. The minimum absolute atomic E-state index is 0.00381. The lowest BCUT2D eigenvalue weighted by Crippen LogP contribution is -2.30. The molecule has 3 rings (SSSR count). The molecule has 0 bridgehead atoms. The molecule has 2 heterocycles. The number of hydrogen-bond acceptors (Lipinski definition) is 5. The van der Waals surface area contributed by atoms with Crippen LogP contribution in [0.3, 0.4) is 0 Å². The van der Waals surface area contributed by atoms with Crippen LogP contribution in [0.2, 0.25) is 0 Å². The number of aromatic nitrogens is 1. The van der Waals surface area contributed by atoms with Crippen LogP contribution in [-0.4, -0.2) is 43.0 Å². The van der Waals surface area contributed by atoms with Gasteiger partial charge in [-0.15, -0.1) is 0 Å². The number of anilines is 1. The first-order valence-corrected chi connectivity index (χ1v) is 9.42. The third-order valence-corrected chi connectivity index (χ3v) is 5.82. The van der Waals surface area contributed by atoms with Crippen LogP contribution in [0.15, 0.2) is 12.1 Å². The van der Waals surface area contributed by atoms with Crippen molar-refractivity contribution in [1.29, 1.82) is 0 Å². The molecular formula is C13H13F2N3O3S2. The summed E-state index contributed by atoms with van der Waals surface area (Å²) in [6.45, 7) is 0.398. The molecule has 0 saturated carbocycles. The number of carbonyl (C=O) groups excluding carboxylic acids is 1. The molecule has 1 saturated heterocycles. The highest BCUT2D eigenvalue weighted by molar-refractivity contribution is 7.88. The van der Waals surface area contributed by atoms with Crippen LogP contribution in [0, 0.1) is 17.6 Å². The Hall–Kier alpha value is -1.65. The monoisotopic (exact) mass is 361 g/mol. The first-order chi connectivity index (χ1) is 10.7. The molecule has 124 valence electrons. The van der Waals surface area contributed by atoms with E-state index in [1.165, 1.54) is 4.31 Å². The maximum Gasteiger partial charge on any atom is 0.230 e. The number of thiazole rings is 1. The Morgan fingerprint density at radius 3 is 2.83 bits per heavy atom. The van der Waals surface area contributed by atoms with E-state index in [1.54, 1.807) is 0 Å². The molecule has 23 heavy (non-hydrogen) atoms. The fourth-order valence-electron chi connectivity index (χ4n) is 2.46. The number of rotatable bonds is 3. The largest absolute Gasteiger partial charge is 0.302 e. The zero-order chi connectivity index (χ0) is 16.8. The molecule has 1 aromatic carbocycles. The van der Waals surface area contributed by atoms with Crippen molar-refractivity contribution in [3.8, 4) is 0 Å². The van der Waals surface area contributed by atoms with Crippen molar-refractivity contribution in [3.63, 3.8) is 0 Å². The van der Waals surface area contributed by atoms with Gasteiger partial charge in [-0.05, 0) is 12.5 Å². The van der Waals surface area contributed by atoms with Crippen LogP contribution in [0.1, 0.15) is 6.42 Å². The van der Waals surface area contributed by atoms with Gasteiger partial charge in [0, 0.05) is 19.2 Å². The van der Waals surface area contributed by atoms with Gasteiger partial charge in [-0.3, -0.25) is 4.79 Å². The number of nitrogens with zero attached hydrogens (tertiary/aromatic N) is 2. The van der Waals surface area contributed by atoms with Crippen LogP contribution in [0.5, 0.6) is 0 Å². The Kier molecular flexibility index (Phi) is 4.07. The summed E-state index contributed by atoms with van der Waals surface area (Å²) in [6.07, 6.45) is 1.50. The summed E-state index contributed by atoms with van der Waals surface area (Å²) in [5, 5.41) is 2.71. The zero-order valence-corrected chi connectivity index (χ0v) is 13.7. The maximum atomic E-state index is 13.6. The van der Waals surface area contributed by atoms with Crippen molar-refractivity contribution >= 4 is 42.6 Å². The Labute approximate surface area is 135 Å². The molecule has 1 aliphatic heterocycles. The van der Waals surface area contributed by atoms with Gasteiger partial charge >= 0.3 is 0 Å². The van der Waals surface area contributed by atoms with Gasteiger partial charge in [0.25, 0.3) is 0 Å². The molecule has 0 spiro atoms. The van der Waals surface area contributed by atoms with Crippen molar-refractivity contribution in [2.24, 2.45) is 5.92 Å². The highest BCUT2D eigenvalue weighted by atomic mass is 32.2. The highest BCUT2D eigenvalue weighted by Crippen LogP contribution is 2.29. The summed E-state index contributed by atoms with van der Waals surface area (Å²) in [5.41, 5.74) is -0.00381. The number of fused-ring (bicyclic) bond motifs is 1. The zero-order valence-electron chi connectivity index (χ0n) is 12.0. The van der Waals surface area contributed by atoms with Crippen LogP contribution < -0.4 is 5.32 Å². The van der Waals surface area contributed by atoms with Crippen molar-refractivity contribution in [1.82, 2.24) is 9.29 Å². The number of nitrogens with one attached hydrogen (secondary N) is 1. The Balaban J connectivity index is 1.75. The highest BCUT2D eigenvalue weighted by Gasteiger charge is 2.33. The van der Waals surface area contributed by atoms with Crippen LogP contribution >= 0.6 is 11.3 Å². The lowest BCUT2D eigenvalue weighted by atomic mass is 10.1. The smallest absolute Gasteiger partial charge is 0.230 e. The van der Waals surface area contributed by atoms with Gasteiger partial charge < -0.3 is 5.32 Å². The van der Waals surface area contributed by atoms with Crippen LogP contribution in [-0.2, 0) is 14.8 Å². The normalized spacial score (nSPS) is 19.3. The Bertz CT molecular complexity index is 882. The summed E-state index contributed by atoms with van der Waals surface area (Å²) in [4.78, 5) is 16.1. The van der Waals surface area contributed by atoms with Crippen LogP contribution in [0.25, 0.3) is 10.2 Å². The molecule has 0 radical (unpaired) electrons. The van der Waals surface area contributed by atoms with Crippen LogP contribution in [0.4, 0.5) is 13.9 Å². The van der Waals surface area contributed by atoms with E-state index in [9.17, 15) is 22.0 Å². The van der Waals surface area contributed by atoms with E-state index >= 15 is 0 Å². The summed E-state index contributed by atoms with van der Waals surface area (Å²) in [7, 11) is -3.32.